The SMILES string of the molecule is C[C@@H](CCCCC1CCC1)[C@H](N)CC(=O)O. The third kappa shape index (κ3) is 4.97. The fraction of sp³-hybridized carbons (Fsp3) is 0.923. The zero-order valence-corrected chi connectivity index (χ0v) is 10.3. The Balaban J connectivity index is 1.99. The lowest BCUT2D eigenvalue weighted by Crippen LogP contribution is -2.30. The monoisotopic (exact) mass is 227 g/mol. The third-order valence-corrected chi connectivity index (χ3v) is 3.89. The van der Waals surface area contributed by atoms with Gasteiger partial charge in [0.15, 0.2) is 0 Å². The van der Waals surface area contributed by atoms with E-state index in [-0.39, 0.29) is 12.5 Å². The summed E-state index contributed by atoms with van der Waals surface area (Å²) >= 11 is 0. The number of hydrogen-bond acceptors (Lipinski definition) is 2. The van der Waals surface area contributed by atoms with Crippen molar-refractivity contribution < 1.29 is 9.90 Å². The number of carboxylic acids is 1. The van der Waals surface area contributed by atoms with Gasteiger partial charge in [0.2, 0.25) is 0 Å². The zero-order chi connectivity index (χ0) is 12.0. The van der Waals surface area contributed by atoms with Crippen LogP contribution in [0.2, 0.25) is 0 Å². The van der Waals surface area contributed by atoms with Crippen molar-refractivity contribution >= 4 is 5.97 Å². The largest absolute Gasteiger partial charge is 0.481 e. The molecule has 0 aromatic heterocycles. The Hall–Kier alpha value is -0.570. The van der Waals surface area contributed by atoms with E-state index in [1.54, 1.807) is 0 Å². The number of rotatable bonds is 8. The van der Waals surface area contributed by atoms with Gasteiger partial charge in [-0.15, -0.1) is 0 Å². The van der Waals surface area contributed by atoms with E-state index in [0.29, 0.717) is 5.92 Å². The fourth-order valence-corrected chi connectivity index (χ4v) is 2.30. The van der Waals surface area contributed by atoms with Gasteiger partial charge in [0, 0.05) is 6.04 Å². The average Bonchev–Trinajstić information content (AvgIpc) is 2.13. The average molecular weight is 227 g/mol. The van der Waals surface area contributed by atoms with Gasteiger partial charge in [-0.05, 0) is 18.3 Å². The second kappa shape index (κ2) is 6.89. The van der Waals surface area contributed by atoms with Gasteiger partial charge in [-0.2, -0.15) is 0 Å². The van der Waals surface area contributed by atoms with Crippen molar-refractivity contribution in [2.24, 2.45) is 17.6 Å². The molecule has 0 heterocycles. The molecule has 0 amide bonds. The normalized spacial score (nSPS) is 20.1. The van der Waals surface area contributed by atoms with Gasteiger partial charge in [-0.3, -0.25) is 4.79 Å². The first-order valence-electron chi connectivity index (χ1n) is 6.57. The summed E-state index contributed by atoms with van der Waals surface area (Å²) in [4.78, 5) is 10.5. The molecule has 0 bridgehead atoms. The van der Waals surface area contributed by atoms with E-state index in [9.17, 15) is 4.79 Å². The smallest absolute Gasteiger partial charge is 0.304 e. The highest BCUT2D eigenvalue weighted by Crippen LogP contribution is 2.31. The van der Waals surface area contributed by atoms with Crippen molar-refractivity contribution in [1.82, 2.24) is 0 Å². The molecule has 3 heteroatoms. The molecular weight excluding hydrogens is 202 g/mol. The van der Waals surface area contributed by atoms with Crippen LogP contribution >= 0.6 is 0 Å². The van der Waals surface area contributed by atoms with Gasteiger partial charge in [0.1, 0.15) is 0 Å². The molecule has 3 nitrogen and oxygen atoms in total. The molecule has 0 aromatic rings. The van der Waals surface area contributed by atoms with Crippen LogP contribution in [0.5, 0.6) is 0 Å². The number of hydrogen-bond donors (Lipinski definition) is 2. The fourth-order valence-electron chi connectivity index (χ4n) is 2.30. The number of aliphatic carboxylic acids is 1. The second-order valence-electron chi connectivity index (χ2n) is 5.32. The van der Waals surface area contributed by atoms with E-state index in [4.69, 9.17) is 10.8 Å². The van der Waals surface area contributed by atoms with Crippen molar-refractivity contribution in [2.75, 3.05) is 0 Å². The molecule has 0 aromatic carbocycles. The highest BCUT2D eigenvalue weighted by molar-refractivity contribution is 5.67. The quantitative estimate of drug-likeness (QED) is 0.627. The van der Waals surface area contributed by atoms with Crippen LogP contribution in [0.15, 0.2) is 0 Å². The lowest BCUT2D eigenvalue weighted by atomic mass is 9.81. The van der Waals surface area contributed by atoms with Crippen molar-refractivity contribution in [3.05, 3.63) is 0 Å². The molecule has 16 heavy (non-hydrogen) atoms. The van der Waals surface area contributed by atoms with Crippen molar-refractivity contribution in [2.45, 2.75) is 64.3 Å². The van der Waals surface area contributed by atoms with E-state index in [0.717, 1.165) is 12.3 Å². The topological polar surface area (TPSA) is 63.3 Å². The maximum atomic E-state index is 10.5. The minimum absolute atomic E-state index is 0.101. The lowest BCUT2D eigenvalue weighted by molar-refractivity contribution is -0.137. The first kappa shape index (κ1) is 13.5. The summed E-state index contributed by atoms with van der Waals surface area (Å²) < 4.78 is 0. The van der Waals surface area contributed by atoms with Gasteiger partial charge in [0.05, 0.1) is 6.42 Å². The molecule has 1 aliphatic carbocycles. The van der Waals surface area contributed by atoms with Crippen LogP contribution in [0.25, 0.3) is 0 Å². The van der Waals surface area contributed by atoms with Crippen LogP contribution in [0.3, 0.4) is 0 Å². The van der Waals surface area contributed by atoms with Crippen molar-refractivity contribution in [3.63, 3.8) is 0 Å². The Bertz CT molecular complexity index is 214. The molecule has 1 fully saturated rings. The van der Waals surface area contributed by atoms with E-state index in [2.05, 4.69) is 6.92 Å². The molecule has 1 saturated carbocycles. The van der Waals surface area contributed by atoms with Crippen LogP contribution in [-0.4, -0.2) is 17.1 Å². The molecule has 3 N–H and O–H groups in total. The molecule has 0 saturated heterocycles. The minimum Gasteiger partial charge on any atom is -0.481 e. The number of carbonyl (C=O) groups is 1. The van der Waals surface area contributed by atoms with Crippen LogP contribution in [0.1, 0.15) is 58.3 Å². The zero-order valence-electron chi connectivity index (χ0n) is 10.3. The predicted octanol–water partition coefficient (Wildman–Crippen LogP) is 2.79. The summed E-state index contributed by atoms with van der Waals surface area (Å²) in [7, 11) is 0. The van der Waals surface area contributed by atoms with E-state index in [1.807, 2.05) is 0 Å². The highest BCUT2D eigenvalue weighted by atomic mass is 16.4. The molecule has 1 rings (SSSR count). The summed E-state index contributed by atoms with van der Waals surface area (Å²) in [5, 5.41) is 8.64. The molecule has 0 radical (unpaired) electrons. The standard InChI is InChI=1S/C13H25NO2/c1-10(12(14)9-13(15)16)5-2-3-6-11-7-4-8-11/h10-12H,2-9,14H2,1H3,(H,15,16)/t10-,12+/m0/s1. The van der Waals surface area contributed by atoms with E-state index in [1.165, 1.54) is 38.5 Å². The Morgan fingerprint density at radius 3 is 2.62 bits per heavy atom. The minimum atomic E-state index is -0.784. The van der Waals surface area contributed by atoms with Crippen LogP contribution in [0, 0.1) is 11.8 Å². The summed E-state index contributed by atoms with van der Waals surface area (Å²) in [5.41, 5.74) is 5.82. The Morgan fingerprint density at radius 1 is 1.44 bits per heavy atom. The van der Waals surface area contributed by atoms with Crippen molar-refractivity contribution in [1.29, 1.82) is 0 Å². The predicted molar refractivity (Wildman–Crippen MR) is 65.2 cm³/mol. The van der Waals surface area contributed by atoms with E-state index >= 15 is 0 Å². The van der Waals surface area contributed by atoms with Gasteiger partial charge >= 0.3 is 5.97 Å². The van der Waals surface area contributed by atoms with Gasteiger partial charge in [0.25, 0.3) is 0 Å². The Labute approximate surface area is 98.4 Å². The highest BCUT2D eigenvalue weighted by Gasteiger charge is 2.18. The molecular formula is C13H25NO2. The first-order chi connectivity index (χ1) is 7.59. The summed E-state index contributed by atoms with van der Waals surface area (Å²) in [5.74, 6) is 0.536. The van der Waals surface area contributed by atoms with E-state index < -0.39 is 5.97 Å². The van der Waals surface area contributed by atoms with Gasteiger partial charge < -0.3 is 10.8 Å². The number of unbranched alkanes of at least 4 members (excludes halogenated alkanes) is 1. The molecule has 1 aliphatic rings. The maximum absolute atomic E-state index is 10.5. The second-order valence-corrected chi connectivity index (χ2v) is 5.32. The summed E-state index contributed by atoms with van der Waals surface area (Å²) in [6, 6.07) is -0.179. The number of carboxylic acid groups (broad SMARTS) is 1. The lowest BCUT2D eigenvalue weighted by Gasteiger charge is -2.25. The number of nitrogens with two attached hydrogens (primary N) is 1. The summed E-state index contributed by atoms with van der Waals surface area (Å²) in [6.07, 6.45) is 9.29. The van der Waals surface area contributed by atoms with Crippen LogP contribution in [0.4, 0.5) is 0 Å². The summed E-state index contributed by atoms with van der Waals surface area (Å²) in [6.45, 7) is 2.07. The Kier molecular flexibility index (Phi) is 5.81. The molecule has 0 spiro atoms. The van der Waals surface area contributed by atoms with Gasteiger partial charge in [-0.1, -0.05) is 45.4 Å². The molecule has 94 valence electrons. The van der Waals surface area contributed by atoms with Crippen LogP contribution in [-0.2, 0) is 4.79 Å². The maximum Gasteiger partial charge on any atom is 0.304 e. The van der Waals surface area contributed by atoms with Gasteiger partial charge in [-0.25, -0.2) is 0 Å². The molecule has 0 unspecified atom stereocenters. The third-order valence-electron chi connectivity index (χ3n) is 3.89. The van der Waals surface area contributed by atoms with Crippen molar-refractivity contribution in [3.8, 4) is 0 Å². The molecule has 0 aliphatic heterocycles. The molecule has 2 atom stereocenters. The van der Waals surface area contributed by atoms with Crippen LogP contribution < -0.4 is 5.73 Å². The Morgan fingerprint density at radius 2 is 2.12 bits per heavy atom. The first-order valence-corrected chi connectivity index (χ1v) is 6.57.